The van der Waals surface area contributed by atoms with Crippen molar-refractivity contribution >= 4 is 34.8 Å². The van der Waals surface area contributed by atoms with E-state index in [-0.39, 0.29) is 30.3 Å². The van der Waals surface area contributed by atoms with Crippen LogP contribution in [0, 0.1) is 5.92 Å². The van der Waals surface area contributed by atoms with E-state index in [0.717, 1.165) is 17.5 Å². The van der Waals surface area contributed by atoms with E-state index in [2.05, 4.69) is 11.4 Å². The lowest BCUT2D eigenvalue weighted by Gasteiger charge is -2.38. The first-order valence-corrected chi connectivity index (χ1v) is 13.2. The number of amides is 2. The maximum Gasteiger partial charge on any atom is 0.258 e. The highest BCUT2D eigenvalue weighted by Gasteiger charge is 2.34. The number of nitrogens with zero attached hydrogens (tertiary/aromatic N) is 2. The van der Waals surface area contributed by atoms with Gasteiger partial charge in [0.15, 0.2) is 0 Å². The van der Waals surface area contributed by atoms with Crippen molar-refractivity contribution in [3.63, 3.8) is 0 Å². The van der Waals surface area contributed by atoms with Crippen LogP contribution in [0.5, 0.6) is 11.5 Å². The largest absolute Gasteiger partial charge is 0.497 e. The van der Waals surface area contributed by atoms with Gasteiger partial charge in [0, 0.05) is 29.1 Å². The summed E-state index contributed by atoms with van der Waals surface area (Å²) in [5, 5.41) is 2.73. The van der Waals surface area contributed by atoms with Crippen LogP contribution >= 0.6 is 22.9 Å². The number of carbonyl (C=O) groups is 2. The Labute approximate surface area is 221 Å². The summed E-state index contributed by atoms with van der Waals surface area (Å²) < 4.78 is 10.7. The van der Waals surface area contributed by atoms with Crippen molar-refractivity contribution in [3.05, 3.63) is 80.5 Å². The van der Waals surface area contributed by atoms with E-state index in [1.165, 1.54) is 12.0 Å². The number of benzene rings is 2. The lowest BCUT2D eigenvalue weighted by atomic mass is 9.93. The molecule has 2 heterocycles. The third kappa shape index (κ3) is 5.52. The van der Waals surface area contributed by atoms with Gasteiger partial charge in [-0.15, -0.1) is 11.3 Å². The van der Waals surface area contributed by atoms with Gasteiger partial charge in [0.1, 0.15) is 18.0 Å². The van der Waals surface area contributed by atoms with Crippen molar-refractivity contribution in [3.8, 4) is 11.5 Å². The second kappa shape index (κ2) is 11.4. The minimum Gasteiger partial charge on any atom is -0.497 e. The number of fused-ring (bicyclic) bond motifs is 1. The predicted octanol–water partition coefficient (Wildman–Crippen LogP) is 5.69. The summed E-state index contributed by atoms with van der Waals surface area (Å²) in [7, 11) is 3.08. The Morgan fingerprint density at radius 2 is 1.86 bits per heavy atom. The zero-order valence-electron chi connectivity index (χ0n) is 21.0. The second-order valence-corrected chi connectivity index (χ2v) is 10.7. The summed E-state index contributed by atoms with van der Waals surface area (Å²) >= 11 is 7.86. The number of hydrogen-bond acceptors (Lipinski definition) is 5. The van der Waals surface area contributed by atoms with Crippen molar-refractivity contribution in [2.24, 2.45) is 5.92 Å². The quantitative estimate of drug-likeness (QED) is 0.378. The van der Waals surface area contributed by atoms with Crippen molar-refractivity contribution < 1.29 is 19.1 Å². The third-order valence-corrected chi connectivity index (χ3v) is 7.56. The van der Waals surface area contributed by atoms with Gasteiger partial charge in [0.2, 0.25) is 5.91 Å². The predicted molar refractivity (Wildman–Crippen MR) is 143 cm³/mol. The van der Waals surface area contributed by atoms with Gasteiger partial charge >= 0.3 is 0 Å². The number of halogens is 1. The average molecular weight is 527 g/mol. The fourth-order valence-corrected chi connectivity index (χ4v) is 5.68. The van der Waals surface area contributed by atoms with Gasteiger partial charge in [-0.05, 0) is 59.2 Å². The molecule has 0 fully saturated rings. The fourth-order valence-electron chi connectivity index (χ4n) is 4.65. The van der Waals surface area contributed by atoms with Gasteiger partial charge in [-0.25, -0.2) is 0 Å². The molecule has 1 aliphatic rings. The number of carbonyl (C=O) groups excluding carboxylic acids is 2. The van der Waals surface area contributed by atoms with Crippen LogP contribution in [0.1, 0.15) is 46.3 Å². The zero-order valence-corrected chi connectivity index (χ0v) is 22.6. The molecule has 0 spiro atoms. The van der Waals surface area contributed by atoms with E-state index >= 15 is 0 Å². The van der Waals surface area contributed by atoms with Crippen LogP contribution in [0.4, 0.5) is 0 Å². The molecule has 1 unspecified atom stereocenters. The molecule has 1 atom stereocenters. The molecule has 4 rings (SSSR count). The van der Waals surface area contributed by atoms with Gasteiger partial charge in [-0.3, -0.25) is 9.59 Å². The molecule has 0 saturated heterocycles. The van der Waals surface area contributed by atoms with E-state index in [0.29, 0.717) is 35.2 Å². The Bertz CT molecular complexity index is 1220. The van der Waals surface area contributed by atoms with Crippen LogP contribution in [0.3, 0.4) is 0 Å². The van der Waals surface area contributed by atoms with Gasteiger partial charge in [-0.1, -0.05) is 37.6 Å². The van der Waals surface area contributed by atoms with E-state index in [9.17, 15) is 9.59 Å². The molecule has 8 heteroatoms. The zero-order chi connectivity index (χ0) is 25.8. The van der Waals surface area contributed by atoms with Crippen molar-refractivity contribution in [2.75, 3.05) is 33.9 Å². The van der Waals surface area contributed by atoms with Crippen LogP contribution in [0.15, 0.2) is 53.9 Å². The van der Waals surface area contributed by atoms with Crippen molar-refractivity contribution in [2.45, 2.75) is 26.3 Å². The molecule has 0 N–H and O–H groups in total. The normalized spacial score (nSPS) is 14.9. The van der Waals surface area contributed by atoms with Crippen LogP contribution in [-0.4, -0.2) is 55.5 Å². The highest BCUT2D eigenvalue weighted by Crippen LogP contribution is 2.38. The summed E-state index contributed by atoms with van der Waals surface area (Å²) in [6, 6.07) is 14.6. The summed E-state index contributed by atoms with van der Waals surface area (Å²) in [5.74, 6) is 0.866. The maximum atomic E-state index is 13.8. The minimum atomic E-state index is -0.243. The van der Waals surface area contributed by atoms with Gasteiger partial charge < -0.3 is 19.3 Å². The van der Waals surface area contributed by atoms with Crippen LogP contribution < -0.4 is 9.47 Å². The molecule has 6 nitrogen and oxygen atoms in total. The first-order chi connectivity index (χ1) is 17.3. The number of rotatable bonds is 8. The SMILES string of the molecule is COc1ccc(C(=O)N(CC(=O)N2CCc3sccc3C2c2ccc(Cl)cc2)CC(C)C)c(OC)c1. The van der Waals surface area contributed by atoms with E-state index in [1.54, 1.807) is 41.5 Å². The molecular formula is C28H31ClN2O4S. The van der Waals surface area contributed by atoms with Crippen molar-refractivity contribution in [1.82, 2.24) is 9.80 Å². The third-order valence-electron chi connectivity index (χ3n) is 6.31. The van der Waals surface area contributed by atoms with Gasteiger partial charge in [-0.2, -0.15) is 0 Å². The molecule has 0 radical (unpaired) electrons. The molecule has 3 aromatic rings. The number of ether oxygens (including phenoxy) is 2. The Hall–Kier alpha value is -3.03. The van der Waals surface area contributed by atoms with E-state index in [1.807, 2.05) is 43.0 Å². The maximum absolute atomic E-state index is 13.8. The molecule has 0 saturated carbocycles. The summed E-state index contributed by atoms with van der Waals surface area (Å²) in [6.45, 7) is 5.09. The lowest BCUT2D eigenvalue weighted by molar-refractivity contribution is -0.134. The molecule has 1 aliphatic heterocycles. The molecule has 2 amide bonds. The Kier molecular flexibility index (Phi) is 8.21. The summed E-state index contributed by atoms with van der Waals surface area (Å²) in [4.78, 5) is 32.3. The van der Waals surface area contributed by atoms with Gasteiger partial charge in [0.05, 0.1) is 25.8 Å². The number of methoxy groups -OCH3 is 2. The van der Waals surface area contributed by atoms with Gasteiger partial charge in [0.25, 0.3) is 5.91 Å². The van der Waals surface area contributed by atoms with Crippen LogP contribution in [-0.2, 0) is 11.2 Å². The Morgan fingerprint density at radius 3 is 2.53 bits per heavy atom. The molecule has 0 aliphatic carbocycles. The fraction of sp³-hybridized carbons (Fsp3) is 0.357. The molecule has 0 bridgehead atoms. The average Bonchev–Trinajstić information content (AvgIpc) is 3.36. The first kappa shape index (κ1) is 26.0. The van der Waals surface area contributed by atoms with Crippen LogP contribution in [0.25, 0.3) is 0 Å². The van der Waals surface area contributed by atoms with E-state index in [4.69, 9.17) is 21.1 Å². The topological polar surface area (TPSA) is 59.1 Å². The highest BCUT2D eigenvalue weighted by atomic mass is 35.5. The standard InChI is InChI=1S/C28H31ClN2O4S/c1-18(2)16-30(28(33)22-10-9-21(34-3)15-24(22)35-4)17-26(32)31-13-11-25-23(12-14-36-25)27(31)19-5-7-20(29)8-6-19/h5-10,12,14-15,18,27H,11,13,16-17H2,1-4H3. The highest BCUT2D eigenvalue weighted by molar-refractivity contribution is 7.10. The summed E-state index contributed by atoms with van der Waals surface area (Å²) in [6.07, 6.45) is 0.799. The first-order valence-electron chi connectivity index (χ1n) is 11.9. The summed E-state index contributed by atoms with van der Waals surface area (Å²) in [5.41, 5.74) is 2.55. The number of thiophene rings is 1. The molecule has 2 aromatic carbocycles. The Morgan fingerprint density at radius 1 is 1.11 bits per heavy atom. The molecular weight excluding hydrogens is 496 g/mol. The minimum absolute atomic E-state index is 0.0181. The molecule has 190 valence electrons. The number of hydrogen-bond donors (Lipinski definition) is 0. The van der Waals surface area contributed by atoms with Crippen molar-refractivity contribution in [1.29, 1.82) is 0 Å². The molecule has 1 aromatic heterocycles. The van der Waals surface area contributed by atoms with E-state index < -0.39 is 0 Å². The monoisotopic (exact) mass is 526 g/mol. The second-order valence-electron chi connectivity index (χ2n) is 9.24. The smallest absolute Gasteiger partial charge is 0.258 e. The lowest BCUT2D eigenvalue weighted by Crippen LogP contribution is -2.47. The molecule has 36 heavy (non-hydrogen) atoms. The Balaban J connectivity index is 1.63. The van der Waals surface area contributed by atoms with Crippen LogP contribution in [0.2, 0.25) is 5.02 Å².